The van der Waals surface area contributed by atoms with Gasteiger partial charge in [0, 0.05) is 11.8 Å². The summed E-state index contributed by atoms with van der Waals surface area (Å²) in [5.74, 6) is 0.0310. The van der Waals surface area contributed by atoms with Gasteiger partial charge in [0.1, 0.15) is 0 Å². The monoisotopic (exact) mass is 413 g/mol. The molecular formula is C27H40FNO. The average molecular weight is 414 g/mol. The van der Waals surface area contributed by atoms with Crippen LogP contribution in [0.15, 0.2) is 36.5 Å². The molecule has 0 unspecified atom stereocenters. The van der Waals surface area contributed by atoms with Gasteiger partial charge in [0.25, 0.3) is 0 Å². The number of aryl methyl sites for hydroxylation is 1. The lowest BCUT2D eigenvalue weighted by atomic mass is 10.0. The van der Waals surface area contributed by atoms with E-state index in [4.69, 9.17) is 4.74 Å². The summed E-state index contributed by atoms with van der Waals surface area (Å²) in [6.07, 6.45) is 18.0. The number of ether oxygens (including phenoxy) is 1. The van der Waals surface area contributed by atoms with E-state index < -0.39 is 0 Å². The van der Waals surface area contributed by atoms with Crippen molar-refractivity contribution in [2.45, 2.75) is 97.3 Å². The standard InChI is InChI=1S/C27H40FNO/c1-3-5-7-9-11-13-15-23-16-18-26(29-22-23)24-17-19-27(25(28)21-24)30-20-14-12-10-8-6-4-2/h16-19,21-22H,3-15,20H2,1-2H3. The molecule has 0 aliphatic rings. The minimum atomic E-state index is -0.309. The Bertz CT molecular complexity index is 699. The Kier molecular flexibility index (Phi) is 12.2. The van der Waals surface area contributed by atoms with Crippen LogP contribution >= 0.6 is 0 Å². The molecule has 0 bridgehead atoms. The minimum absolute atomic E-state index is 0.309. The minimum Gasteiger partial charge on any atom is -0.491 e. The van der Waals surface area contributed by atoms with E-state index in [1.54, 1.807) is 6.07 Å². The summed E-state index contributed by atoms with van der Waals surface area (Å²) in [5.41, 5.74) is 2.86. The number of hydrogen-bond donors (Lipinski definition) is 0. The number of hydrogen-bond acceptors (Lipinski definition) is 2. The van der Waals surface area contributed by atoms with Gasteiger partial charge < -0.3 is 4.74 Å². The number of pyridine rings is 1. The van der Waals surface area contributed by atoms with E-state index in [2.05, 4.69) is 24.9 Å². The van der Waals surface area contributed by atoms with Crippen molar-refractivity contribution in [3.8, 4) is 17.0 Å². The topological polar surface area (TPSA) is 22.1 Å². The third-order valence-electron chi connectivity index (χ3n) is 5.63. The molecule has 2 aromatic rings. The van der Waals surface area contributed by atoms with E-state index in [-0.39, 0.29) is 5.82 Å². The first-order chi connectivity index (χ1) is 14.7. The molecule has 0 fully saturated rings. The molecule has 0 amide bonds. The van der Waals surface area contributed by atoms with Crippen LogP contribution in [0.4, 0.5) is 4.39 Å². The highest BCUT2D eigenvalue weighted by Crippen LogP contribution is 2.25. The Balaban J connectivity index is 1.75. The summed E-state index contributed by atoms with van der Waals surface area (Å²) in [6.45, 7) is 5.04. The number of benzene rings is 1. The van der Waals surface area contributed by atoms with Gasteiger partial charge in [-0.05, 0) is 49.1 Å². The van der Waals surface area contributed by atoms with Gasteiger partial charge in [0.05, 0.1) is 12.3 Å². The maximum Gasteiger partial charge on any atom is 0.165 e. The van der Waals surface area contributed by atoms with Crippen molar-refractivity contribution >= 4 is 0 Å². The first-order valence-electron chi connectivity index (χ1n) is 12.1. The Labute approximate surface area is 183 Å². The molecule has 2 rings (SSSR count). The number of halogens is 1. The molecule has 166 valence electrons. The maximum absolute atomic E-state index is 14.4. The Hall–Kier alpha value is -1.90. The molecule has 3 heteroatoms. The highest BCUT2D eigenvalue weighted by molar-refractivity contribution is 5.60. The third kappa shape index (κ3) is 9.28. The van der Waals surface area contributed by atoms with Gasteiger partial charge in [-0.25, -0.2) is 4.39 Å². The SMILES string of the molecule is CCCCCCCCOc1ccc(-c2ccc(CCCCCCCC)cn2)cc1F. The predicted octanol–water partition coefficient (Wildman–Crippen LogP) is 8.53. The normalized spacial score (nSPS) is 11.0. The molecule has 2 nitrogen and oxygen atoms in total. The van der Waals surface area contributed by atoms with Crippen LogP contribution in [0.5, 0.6) is 5.75 Å². The Morgan fingerprint density at radius 2 is 1.43 bits per heavy atom. The van der Waals surface area contributed by atoms with Crippen molar-refractivity contribution in [2.24, 2.45) is 0 Å². The van der Waals surface area contributed by atoms with Crippen molar-refractivity contribution in [3.05, 3.63) is 47.9 Å². The fourth-order valence-corrected chi connectivity index (χ4v) is 3.69. The van der Waals surface area contributed by atoms with Gasteiger partial charge in [0.15, 0.2) is 11.6 Å². The highest BCUT2D eigenvalue weighted by atomic mass is 19.1. The average Bonchev–Trinajstić information content (AvgIpc) is 2.77. The van der Waals surface area contributed by atoms with Gasteiger partial charge in [-0.15, -0.1) is 0 Å². The third-order valence-corrected chi connectivity index (χ3v) is 5.63. The van der Waals surface area contributed by atoms with E-state index >= 15 is 0 Å². The molecule has 1 heterocycles. The van der Waals surface area contributed by atoms with Gasteiger partial charge in [-0.1, -0.05) is 84.1 Å². The number of nitrogens with zero attached hydrogens (tertiary/aromatic N) is 1. The van der Waals surface area contributed by atoms with Crippen LogP contribution in [-0.2, 0) is 6.42 Å². The quantitative estimate of drug-likeness (QED) is 0.257. The number of aromatic nitrogens is 1. The Morgan fingerprint density at radius 3 is 2.07 bits per heavy atom. The van der Waals surface area contributed by atoms with Gasteiger partial charge in [-0.3, -0.25) is 4.98 Å². The summed E-state index contributed by atoms with van der Waals surface area (Å²) in [6, 6.07) is 9.28. The molecule has 1 aromatic heterocycles. The summed E-state index contributed by atoms with van der Waals surface area (Å²) in [7, 11) is 0. The molecule has 0 spiro atoms. The van der Waals surface area contributed by atoms with E-state index in [1.165, 1.54) is 75.8 Å². The molecule has 0 saturated carbocycles. The van der Waals surface area contributed by atoms with Crippen LogP contribution in [0, 0.1) is 5.82 Å². The molecule has 30 heavy (non-hydrogen) atoms. The fourth-order valence-electron chi connectivity index (χ4n) is 3.69. The smallest absolute Gasteiger partial charge is 0.165 e. The van der Waals surface area contributed by atoms with Gasteiger partial charge >= 0.3 is 0 Å². The van der Waals surface area contributed by atoms with Crippen LogP contribution in [0.3, 0.4) is 0 Å². The molecular weight excluding hydrogens is 373 g/mol. The fraction of sp³-hybridized carbons (Fsp3) is 0.593. The van der Waals surface area contributed by atoms with Crippen molar-refractivity contribution in [2.75, 3.05) is 6.61 Å². The Morgan fingerprint density at radius 1 is 0.767 bits per heavy atom. The zero-order valence-corrected chi connectivity index (χ0v) is 19.1. The molecule has 0 atom stereocenters. The number of rotatable bonds is 16. The lowest BCUT2D eigenvalue weighted by Gasteiger charge is -2.09. The molecule has 0 N–H and O–H groups in total. The van der Waals surface area contributed by atoms with E-state index in [0.29, 0.717) is 12.4 Å². The first kappa shape index (κ1) is 24.4. The molecule has 0 saturated heterocycles. The van der Waals surface area contributed by atoms with E-state index in [9.17, 15) is 4.39 Å². The van der Waals surface area contributed by atoms with E-state index in [1.807, 2.05) is 18.3 Å². The zero-order chi connectivity index (χ0) is 21.4. The summed E-state index contributed by atoms with van der Waals surface area (Å²) >= 11 is 0. The van der Waals surface area contributed by atoms with Crippen molar-refractivity contribution < 1.29 is 9.13 Å². The lowest BCUT2D eigenvalue weighted by Crippen LogP contribution is -1.99. The molecule has 0 aliphatic carbocycles. The number of unbranched alkanes of at least 4 members (excludes halogenated alkanes) is 10. The molecule has 0 aliphatic heterocycles. The van der Waals surface area contributed by atoms with Crippen LogP contribution in [0.2, 0.25) is 0 Å². The summed E-state index contributed by atoms with van der Waals surface area (Å²) in [5, 5.41) is 0. The van der Waals surface area contributed by atoms with Crippen LogP contribution in [0.25, 0.3) is 11.3 Å². The van der Waals surface area contributed by atoms with Crippen LogP contribution < -0.4 is 4.74 Å². The first-order valence-corrected chi connectivity index (χ1v) is 12.1. The lowest BCUT2D eigenvalue weighted by molar-refractivity contribution is 0.290. The predicted molar refractivity (Wildman–Crippen MR) is 126 cm³/mol. The van der Waals surface area contributed by atoms with Crippen molar-refractivity contribution in [1.29, 1.82) is 0 Å². The second kappa shape index (κ2) is 15.0. The molecule has 0 radical (unpaired) electrons. The van der Waals surface area contributed by atoms with Crippen molar-refractivity contribution in [1.82, 2.24) is 4.98 Å². The summed E-state index contributed by atoms with van der Waals surface area (Å²) in [4.78, 5) is 4.55. The second-order valence-electron chi connectivity index (χ2n) is 8.33. The van der Waals surface area contributed by atoms with Crippen LogP contribution in [0.1, 0.15) is 96.5 Å². The largest absolute Gasteiger partial charge is 0.491 e. The van der Waals surface area contributed by atoms with E-state index in [0.717, 1.165) is 30.5 Å². The molecule has 1 aromatic carbocycles. The highest BCUT2D eigenvalue weighted by Gasteiger charge is 2.07. The summed E-state index contributed by atoms with van der Waals surface area (Å²) < 4.78 is 20.1. The van der Waals surface area contributed by atoms with Crippen LogP contribution in [-0.4, -0.2) is 11.6 Å². The van der Waals surface area contributed by atoms with Gasteiger partial charge in [0.2, 0.25) is 0 Å². The maximum atomic E-state index is 14.4. The zero-order valence-electron chi connectivity index (χ0n) is 19.1. The van der Waals surface area contributed by atoms with Crippen molar-refractivity contribution in [3.63, 3.8) is 0 Å². The van der Waals surface area contributed by atoms with Gasteiger partial charge in [-0.2, -0.15) is 0 Å². The second-order valence-corrected chi connectivity index (χ2v) is 8.33.